The van der Waals surface area contributed by atoms with Gasteiger partial charge in [-0.05, 0) is 24.6 Å². The van der Waals surface area contributed by atoms with Crippen molar-refractivity contribution in [3.63, 3.8) is 0 Å². The second kappa shape index (κ2) is 4.90. The van der Waals surface area contributed by atoms with Gasteiger partial charge >= 0.3 is 0 Å². The fraction of sp³-hybridized carbons (Fsp3) is 0.333. The highest BCUT2D eigenvalue weighted by atomic mass is 15.0. The normalized spacial score (nSPS) is 12.6. The van der Waals surface area contributed by atoms with Gasteiger partial charge < -0.3 is 10.3 Å². The third-order valence-electron chi connectivity index (χ3n) is 2.33. The standard InChI is InChI=1S/C12H16N4/c1-10(13)6-12-8-16(9-15-12)7-11-2-4-14-5-3-11/h2-5,8-10H,6-7,13H2,1H3. The lowest BCUT2D eigenvalue weighted by Gasteiger charge is -2.02. The van der Waals surface area contributed by atoms with Gasteiger partial charge in [0.05, 0.1) is 12.0 Å². The summed E-state index contributed by atoms with van der Waals surface area (Å²) in [7, 11) is 0. The molecule has 2 aromatic heterocycles. The van der Waals surface area contributed by atoms with Crippen LogP contribution in [0.2, 0.25) is 0 Å². The minimum Gasteiger partial charge on any atom is -0.333 e. The van der Waals surface area contributed by atoms with E-state index in [1.54, 1.807) is 12.4 Å². The average molecular weight is 216 g/mol. The molecule has 16 heavy (non-hydrogen) atoms. The lowest BCUT2D eigenvalue weighted by molar-refractivity contribution is 0.723. The van der Waals surface area contributed by atoms with Crippen molar-refractivity contribution in [3.8, 4) is 0 Å². The Morgan fingerprint density at radius 2 is 2.12 bits per heavy atom. The fourth-order valence-corrected chi connectivity index (χ4v) is 1.63. The zero-order valence-electron chi connectivity index (χ0n) is 9.37. The number of hydrogen-bond acceptors (Lipinski definition) is 3. The van der Waals surface area contributed by atoms with E-state index in [-0.39, 0.29) is 6.04 Å². The summed E-state index contributed by atoms with van der Waals surface area (Å²) >= 11 is 0. The van der Waals surface area contributed by atoms with Crippen molar-refractivity contribution in [1.29, 1.82) is 0 Å². The Kier molecular flexibility index (Phi) is 3.31. The molecule has 1 atom stereocenters. The van der Waals surface area contributed by atoms with Crippen molar-refractivity contribution in [2.75, 3.05) is 0 Å². The number of hydrogen-bond donors (Lipinski definition) is 1. The van der Waals surface area contributed by atoms with E-state index in [2.05, 4.69) is 14.5 Å². The Labute approximate surface area is 95.1 Å². The maximum atomic E-state index is 5.73. The zero-order chi connectivity index (χ0) is 11.4. The highest BCUT2D eigenvalue weighted by Crippen LogP contribution is 2.04. The zero-order valence-corrected chi connectivity index (χ0v) is 9.37. The number of nitrogens with zero attached hydrogens (tertiary/aromatic N) is 3. The summed E-state index contributed by atoms with van der Waals surface area (Å²) in [4.78, 5) is 8.31. The Balaban J connectivity index is 2.03. The molecule has 0 saturated carbocycles. The molecule has 2 heterocycles. The van der Waals surface area contributed by atoms with Crippen molar-refractivity contribution in [1.82, 2.24) is 14.5 Å². The van der Waals surface area contributed by atoms with Crippen molar-refractivity contribution in [3.05, 3.63) is 48.3 Å². The summed E-state index contributed by atoms with van der Waals surface area (Å²) in [5, 5.41) is 0. The summed E-state index contributed by atoms with van der Waals surface area (Å²) in [6, 6.07) is 4.17. The van der Waals surface area contributed by atoms with Gasteiger partial charge in [0.1, 0.15) is 0 Å². The third-order valence-corrected chi connectivity index (χ3v) is 2.33. The quantitative estimate of drug-likeness (QED) is 0.836. The van der Waals surface area contributed by atoms with Crippen LogP contribution in [-0.2, 0) is 13.0 Å². The second-order valence-electron chi connectivity index (χ2n) is 4.07. The lowest BCUT2D eigenvalue weighted by Crippen LogP contribution is -2.17. The van der Waals surface area contributed by atoms with E-state index in [4.69, 9.17) is 5.73 Å². The summed E-state index contributed by atoms with van der Waals surface area (Å²) in [5.74, 6) is 0. The Bertz CT molecular complexity index is 433. The van der Waals surface area contributed by atoms with Gasteiger partial charge in [-0.2, -0.15) is 0 Å². The van der Waals surface area contributed by atoms with Crippen LogP contribution in [0.1, 0.15) is 18.2 Å². The van der Waals surface area contributed by atoms with Crippen molar-refractivity contribution >= 4 is 0 Å². The predicted octanol–water partition coefficient (Wildman–Crippen LogP) is 1.22. The number of rotatable bonds is 4. The molecule has 0 saturated heterocycles. The molecule has 1 unspecified atom stereocenters. The summed E-state index contributed by atoms with van der Waals surface area (Å²) in [6.07, 6.45) is 8.32. The molecule has 2 rings (SSSR count). The van der Waals surface area contributed by atoms with Crippen LogP contribution >= 0.6 is 0 Å². The largest absolute Gasteiger partial charge is 0.333 e. The summed E-state index contributed by atoms with van der Waals surface area (Å²) in [5.41, 5.74) is 8.00. The molecule has 0 bridgehead atoms. The van der Waals surface area contributed by atoms with Gasteiger partial charge in [-0.3, -0.25) is 4.98 Å². The van der Waals surface area contributed by atoms with E-state index in [1.165, 1.54) is 5.56 Å². The lowest BCUT2D eigenvalue weighted by atomic mass is 10.2. The van der Waals surface area contributed by atoms with Gasteiger partial charge in [0.25, 0.3) is 0 Å². The Morgan fingerprint density at radius 1 is 1.38 bits per heavy atom. The van der Waals surface area contributed by atoms with Gasteiger partial charge in [-0.1, -0.05) is 0 Å². The van der Waals surface area contributed by atoms with Gasteiger partial charge in [0.2, 0.25) is 0 Å². The molecule has 0 spiro atoms. The topological polar surface area (TPSA) is 56.7 Å². The maximum Gasteiger partial charge on any atom is 0.0952 e. The van der Waals surface area contributed by atoms with Crippen LogP contribution in [0.15, 0.2) is 37.1 Å². The van der Waals surface area contributed by atoms with E-state index in [0.717, 1.165) is 18.7 Å². The number of nitrogens with two attached hydrogens (primary N) is 1. The molecule has 0 amide bonds. The first-order chi connectivity index (χ1) is 7.74. The molecule has 0 aromatic carbocycles. The van der Waals surface area contributed by atoms with Crippen LogP contribution in [-0.4, -0.2) is 20.6 Å². The Morgan fingerprint density at radius 3 is 2.81 bits per heavy atom. The van der Waals surface area contributed by atoms with Crippen LogP contribution in [0, 0.1) is 0 Å². The highest BCUT2D eigenvalue weighted by molar-refractivity contribution is 5.11. The molecule has 2 N–H and O–H groups in total. The monoisotopic (exact) mass is 216 g/mol. The summed E-state index contributed by atoms with van der Waals surface area (Å²) < 4.78 is 2.06. The van der Waals surface area contributed by atoms with Crippen LogP contribution in [0.5, 0.6) is 0 Å². The van der Waals surface area contributed by atoms with Crippen molar-refractivity contribution < 1.29 is 0 Å². The van der Waals surface area contributed by atoms with Crippen LogP contribution in [0.4, 0.5) is 0 Å². The summed E-state index contributed by atoms with van der Waals surface area (Å²) in [6.45, 7) is 2.82. The molecule has 0 fully saturated rings. The van der Waals surface area contributed by atoms with E-state index in [1.807, 2.05) is 31.6 Å². The number of imidazole rings is 1. The molecule has 4 heteroatoms. The van der Waals surface area contributed by atoms with Gasteiger partial charge in [-0.15, -0.1) is 0 Å². The molecular formula is C12H16N4. The number of aromatic nitrogens is 3. The SMILES string of the molecule is CC(N)Cc1cn(Cc2ccncc2)cn1. The first kappa shape index (κ1) is 10.8. The maximum absolute atomic E-state index is 5.73. The van der Waals surface area contributed by atoms with Crippen LogP contribution < -0.4 is 5.73 Å². The minimum atomic E-state index is 0.157. The predicted molar refractivity (Wildman–Crippen MR) is 62.9 cm³/mol. The highest BCUT2D eigenvalue weighted by Gasteiger charge is 2.02. The van der Waals surface area contributed by atoms with Gasteiger partial charge in [-0.25, -0.2) is 4.98 Å². The Hall–Kier alpha value is -1.68. The molecule has 0 radical (unpaired) electrons. The van der Waals surface area contributed by atoms with E-state index >= 15 is 0 Å². The van der Waals surface area contributed by atoms with Gasteiger partial charge in [0.15, 0.2) is 0 Å². The number of pyridine rings is 1. The smallest absolute Gasteiger partial charge is 0.0952 e. The van der Waals surface area contributed by atoms with Crippen LogP contribution in [0.3, 0.4) is 0 Å². The average Bonchev–Trinajstić information content (AvgIpc) is 2.66. The first-order valence-electron chi connectivity index (χ1n) is 5.39. The molecule has 0 aliphatic carbocycles. The molecule has 0 aliphatic rings. The molecule has 0 aliphatic heterocycles. The van der Waals surface area contributed by atoms with E-state index < -0.39 is 0 Å². The van der Waals surface area contributed by atoms with Crippen LogP contribution in [0.25, 0.3) is 0 Å². The second-order valence-corrected chi connectivity index (χ2v) is 4.07. The first-order valence-corrected chi connectivity index (χ1v) is 5.39. The third kappa shape index (κ3) is 2.90. The fourth-order valence-electron chi connectivity index (χ4n) is 1.63. The van der Waals surface area contributed by atoms with E-state index in [9.17, 15) is 0 Å². The van der Waals surface area contributed by atoms with Crippen molar-refractivity contribution in [2.24, 2.45) is 5.73 Å². The minimum absolute atomic E-state index is 0.157. The molecular weight excluding hydrogens is 200 g/mol. The van der Waals surface area contributed by atoms with Gasteiger partial charge in [0, 0.05) is 37.6 Å². The molecule has 2 aromatic rings. The molecule has 84 valence electrons. The molecule has 4 nitrogen and oxygen atoms in total. The van der Waals surface area contributed by atoms with E-state index in [0.29, 0.717) is 0 Å². The van der Waals surface area contributed by atoms with Crippen molar-refractivity contribution in [2.45, 2.75) is 25.9 Å².